The summed E-state index contributed by atoms with van der Waals surface area (Å²) < 4.78 is 0.844. The molecule has 5 heteroatoms. The molecule has 0 saturated heterocycles. The first-order valence-electron chi connectivity index (χ1n) is 6.06. The highest BCUT2D eigenvalue weighted by molar-refractivity contribution is 9.10. The van der Waals surface area contributed by atoms with Gasteiger partial charge in [-0.15, -0.1) is 11.6 Å². The van der Waals surface area contributed by atoms with Crippen LogP contribution in [0.5, 0.6) is 0 Å². The van der Waals surface area contributed by atoms with Gasteiger partial charge in [0.05, 0.1) is 16.0 Å². The fraction of sp³-hybridized carbons (Fsp3) is 0.500. The van der Waals surface area contributed by atoms with Gasteiger partial charge in [0.1, 0.15) is 0 Å². The number of carbonyl (C=O) groups is 1. The standard InChI is InChI=1S/C14H18BrCl2NO/c1-14(2,3)7-10(16)8-18-13(19)11-5-4-9(15)6-12(11)17/h4-6,10H,7-8H2,1-3H3,(H,18,19). The number of hydrogen-bond donors (Lipinski definition) is 1. The molecule has 0 fully saturated rings. The van der Waals surface area contributed by atoms with Gasteiger partial charge in [-0.2, -0.15) is 0 Å². The summed E-state index contributed by atoms with van der Waals surface area (Å²) in [5, 5.41) is 3.15. The van der Waals surface area contributed by atoms with Crippen LogP contribution in [0.15, 0.2) is 22.7 Å². The Hall–Kier alpha value is -0.250. The Morgan fingerprint density at radius 3 is 2.58 bits per heavy atom. The molecule has 0 saturated carbocycles. The Labute approximate surface area is 133 Å². The lowest BCUT2D eigenvalue weighted by atomic mass is 9.90. The fourth-order valence-corrected chi connectivity index (χ4v) is 3.01. The average Bonchev–Trinajstić information content (AvgIpc) is 2.23. The molecule has 0 spiro atoms. The molecule has 0 aromatic heterocycles. The predicted octanol–water partition coefficient (Wildman–Crippen LogP) is 4.88. The molecule has 106 valence electrons. The minimum absolute atomic E-state index is 0.0850. The average molecular weight is 367 g/mol. The number of hydrogen-bond acceptors (Lipinski definition) is 1. The van der Waals surface area contributed by atoms with Crippen LogP contribution in [-0.2, 0) is 0 Å². The van der Waals surface area contributed by atoms with Crippen molar-refractivity contribution in [1.29, 1.82) is 0 Å². The van der Waals surface area contributed by atoms with Crippen LogP contribution in [0.25, 0.3) is 0 Å². The minimum atomic E-state index is -0.197. The molecule has 1 aromatic carbocycles. The second kappa shape index (κ2) is 6.96. The molecule has 1 amide bonds. The third-order valence-electron chi connectivity index (χ3n) is 2.49. The van der Waals surface area contributed by atoms with Gasteiger partial charge in [-0.05, 0) is 30.0 Å². The van der Waals surface area contributed by atoms with Gasteiger partial charge in [-0.3, -0.25) is 4.79 Å². The van der Waals surface area contributed by atoms with Crippen LogP contribution in [0.2, 0.25) is 5.02 Å². The number of carbonyl (C=O) groups excluding carboxylic acids is 1. The molecule has 0 aliphatic carbocycles. The van der Waals surface area contributed by atoms with Crippen molar-refractivity contribution in [3.63, 3.8) is 0 Å². The van der Waals surface area contributed by atoms with E-state index in [-0.39, 0.29) is 16.7 Å². The van der Waals surface area contributed by atoms with Gasteiger partial charge in [0.25, 0.3) is 5.91 Å². The fourth-order valence-electron chi connectivity index (χ4n) is 1.71. The van der Waals surface area contributed by atoms with Crippen LogP contribution in [0.4, 0.5) is 0 Å². The molecule has 0 bridgehead atoms. The Morgan fingerprint density at radius 1 is 1.42 bits per heavy atom. The molecule has 0 aliphatic heterocycles. The summed E-state index contributed by atoms with van der Waals surface area (Å²) in [6.07, 6.45) is 0.836. The highest BCUT2D eigenvalue weighted by Gasteiger charge is 2.18. The van der Waals surface area contributed by atoms with Gasteiger partial charge >= 0.3 is 0 Å². The van der Waals surface area contributed by atoms with E-state index in [4.69, 9.17) is 23.2 Å². The van der Waals surface area contributed by atoms with E-state index >= 15 is 0 Å². The summed E-state index contributed by atoms with van der Waals surface area (Å²) in [5.74, 6) is -0.197. The summed E-state index contributed by atoms with van der Waals surface area (Å²) in [6, 6.07) is 5.17. The van der Waals surface area contributed by atoms with Crippen LogP contribution in [0.3, 0.4) is 0 Å². The minimum Gasteiger partial charge on any atom is -0.351 e. The lowest BCUT2D eigenvalue weighted by Gasteiger charge is -2.22. The van der Waals surface area contributed by atoms with Gasteiger partial charge in [0.2, 0.25) is 0 Å². The van der Waals surface area contributed by atoms with Crippen molar-refractivity contribution in [1.82, 2.24) is 5.32 Å². The van der Waals surface area contributed by atoms with E-state index in [2.05, 4.69) is 42.0 Å². The Morgan fingerprint density at radius 2 is 2.05 bits per heavy atom. The maximum atomic E-state index is 12.0. The largest absolute Gasteiger partial charge is 0.351 e. The first kappa shape index (κ1) is 16.8. The van der Waals surface area contributed by atoms with Crippen molar-refractivity contribution in [2.45, 2.75) is 32.6 Å². The van der Waals surface area contributed by atoms with Crippen LogP contribution < -0.4 is 5.32 Å². The summed E-state index contributed by atoms with van der Waals surface area (Å²) in [5.41, 5.74) is 0.608. The van der Waals surface area contributed by atoms with Crippen LogP contribution in [0, 0.1) is 5.41 Å². The quantitative estimate of drug-likeness (QED) is 0.756. The smallest absolute Gasteiger partial charge is 0.252 e. The summed E-state index contributed by atoms with van der Waals surface area (Å²) >= 11 is 15.5. The van der Waals surface area contributed by atoms with Crippen molar-refractivity contribution in [2.24, 2.45) is 5.41 Å². The zero-order chi connectivity index (χ0) is 14.6. The highest BCUT2D eigenvalue weighted by atomic mass is 79.9. The molecule has 1 aromatic rings. The normalized spacial score (nSPS) is 13.2. The van der Waals surface area contributed by atoms with Gasteiger partial charge < -0.3 is 5.32 Å². The molecule has 0 heterocycles. The Kier molecular flexibility index (Phi) is 6.15. The third kappa shape index (κ3) is 6.15. The summed E-state index contributed by atoms with van der Waals surface area (Å²) in [6.45, 7) is 6.80. The SMILES string of the molecule is CC(C)(C)CC(Cl)CNC(=O)c1ccc(Br)cc1Cl. The van der Waals surface area contributed by atoms with E-state index < -0.39 is 0 Å². The molecule has 1 N–H and O–H groups in total. The van der Waals surface area contributed by atoms with E-state index in [1.165, 1.54) is 0 Å². The maximum Gasteiger partial charge on any atom is 0.252 e. The molecular formula is C14H18BrCl2NO. The van der Waals surface area contributed by atoms with Crippen LogP contribution in [-0.4, -0.2) is 17.8 Å². The van der Waals surface area contributed by atoms with Gasteiger partial charge in [0.15, 0.2) is 0 Å². The monoisotopic (exact) mass is 365 g/mol. The number of benzene rings is 1. The van der Waals surface area contributed by atoms with Crippen molar-refractivity contribution in [3.8, 4) is 0 Å². The van der Waals surface area contributed by atoms with Crippen molar-refractivity contribution in [3.05, 3.63) is 33.3 Å². The highest BCUT2D eigenvalue weighted by Crippen LogP contribution is 2.24. The van der Waals surface area contributed by atoms with Gasteiger partial charge in [-0.1, -0.05) is 48.3 Å². The van der Waals surface area contributed by atoms with E-state index in [0.717, 1.165) is 10.9 Å². The van der Waals surface area contributed by atoms with E-state index in [1.54, 1.807) is 18.2 Å². The second-order valence-corrected chi connectivity index (χ2v) is 7.64. The number of alkyl halides is 1. The molecular weight excluding hydrogens is 349 g/mol. The van der Waals surface area contributed by atoms with E-state index in [1.807, 2.05) is 0 Å². The molecule has 0 aliphatic rings. The zero-order valence-corrected chi connectivity index (χ0v) is 14.4. The van der Waals surface area contributed by atoms with Crippen LogP contribution >= 0.6 is 39.1 Å². The second-order valence-electron chi connectivity index (χ2n) is 5.70. The van der Waals surface area contributed by atoms with Crippen molar-refractivity contribution < 1.29 is 4.79 Å². The first-order valence-corrected chi connectivity index (χ1v) is 7.67. The number of rotatable bonds is 4. The molecule has 19 heavy (non-hydrogen) atoms. The first-order chi connectivity index (χ1) is 8.69. The summed E-state index contributed by atoms with van der Waals surface area (Å²) in [4.78, 5) is 12.0. The lowest BCUT2D eigenvalue weighted by Crippen LogP contribution is -2.31. The topological polar surface area (TPSA) is 29.1 Å². The maximum absolute atomic E-state index is 12.0. The Balaban J connectivity index is 2.56. The third-order valence-corrected chi connectivity index (χ3v) is 3.61. The van der Waals surface area contributed by atoms with Crippen molar-refractivity contribution >= 4 is 45.0 Å². The molecule has 1 atom stereocenters. The number of amides is 1. The number of halogens is 3. The molecule has 1 rings (SSSR count). The molecule has 1 unspecified atom stereocenters. The molecule has 0 radical (unpaired) electrons. The van der Waals surface area contributed by atoms with Gasteiger partial charge in [0, 0.05) is 11.0 Å². The van der Waals surface area contributed by atoms with Gasteiger partial charge in [-0.25, -0.2) is 0 Å². The summed E-state index contributed by atoms with van der Waals surface area (Å²) in [7, 11) is 0. The number of nitrogens with one attached hydrogen (secondary N) is 1. The van der Waals surface area contributed by atoms with Crippen molar-refractivity contribution in [2.75, 3.05) is 6.54 Å². The van der Waals surface area contributed by atoms with E-state index in [0.29, 0.717) is 17.1 Å². The predicted molar refractivity (Wildman–Crippen MR) is 85.2 cm³/mol. The van der Waals surface area contributed by atoms with Crippen LogP contribution in [0.1, 0.15) is 37.6 Å². The lowest BCUT2D eigenvalue weighted by molar-refractivity contribution is 0.0952. The Bertz CT molecular complexity index is 457. The zero-order valence-electron chi connectivity index (χ0n) is 11.3. The molecule has 2 nitrogen and oxygen atoms in total. The van der Waals surface area contributed by atoms with E-state index in [9.17, 15) is 4.79 Å².